The maximum Gasteiger partial charge on any atom is 0.101 e. The Morgan fingerprint density at radius 2 is 0.448 bits per heavy atom. The number of aromatic nitrogens is 6. The standard InChI is InChI=1S/C87H49N9/c88-50-53-41-54(51-89)43-55(42-53)73-49-82(95-84-45-57(91-74-25-9-1-17-61(74)62-18-2-10-26-75(62)91)33-37-69(84)70-38-34-58(46-85(70)95)92-76-27-11-3-19-63(76)64-20-4-12-28-77(64)92)56(52-90)44-83(73)96-86-47-59(93-78-29-13-5-21-65(78)66-22-6-14-30-79(66)93)35-39-71(86)72-40-36-60(48-87(72)96)94-80-31-15-7-23-67(80)68-24-8-16-32-81(68)94/h1-49H. The molecular weight excluding hydrogens is 1170 g/mol. The molecule has 0 saturated heterocycles. The van der Waals surface area contributed by atoms with E-state index in [1.807, 2.05) is 18.2 Å². The number of nitrogens with zero attached hydrogens (tertiary/aromatic N) is 9. The van der Waals surface area contributed by atoms with Gasteiger partial charge in [0, 0.05) is 92.9 Å². The van der Waals surface area contributed by atoms with Crippen LogP contribution in [0.2, 0.25) is 0 Å². The lowest BCUT2D eigenvalue weighted by Crippen LogP contribution is -2.05. The van der Waals surface area contributed by atoms with Crippen LogP contribution in [0.15, 0.2) is 297 Å². The van der Waals surface area contributed by atoms with Crippen molar-refractivity contribution in [1.29, 1.82) is 15.8 Å². The average Bonchev–Trinajstić information content (AvgIpc) is 1.55. The molecule has 14 aromatic carbocycles. The van der Waals surface area contributed by atoms with Crippen LogP contribution >= 0.6 is 0 Å². The summed E-state index contributed by atoms with van der Waals surface area (Å²) >= 11 is 0. The number of hydrogen-bond acceptors (Lipinski definition) is 3. The van der Waals surface area contributed by atoms with Crippen molar-refractivity contribution in [3.8, 4) is 63.5 Å². The average molecular weight is 1220 g/mol. The molecule has 6 heterocycles. The molecule has 0 aliphatic heterocycles. The van der Waals surface area contributed by atoms with Gasteiger partial charge in [0.15, 0.2) is 0 Å². The zero-order chi connectivity index (χ0) is 63.4. The van der Waals surface area contributed by atoms with Crippen molar-refractivity contribution in [3.05, 3.63) is 314 Å². The van der Waals surface area contributed by atoms with E-state index in [0.717, 1.165) is 154 Å². The number of rotatable bonds is 7. The lowest BCUT2D eigenvalue weighted by molar-refractivity contribution is 1.12. The largest absolute Gasteiger partial charge is 0.309 e. The van der Waals surface area contributed by atoms with E-state index in [-0.39, 0.29) is 0 Å². The van der Waals surface area contributed by atoms with Crippen LogP contribution in [0.4, 0.5) is 0 Å². The summed E-state index contributed by atoms with van der Waals surface area (Å²) < 4.78 is 14.0. The Labute approximate surface area is 548 Å². The Morgan fingerprint density at radius 1 is 0.198 bits per heavy atom. The summed E-state index contributed by atoms with van der Waals surface area (Å²) in [6, 6.07) is 113. The van der Waals surface area contributed by atoms with Gasteiger partial charge in [-0.2, -0.15) is 15.8 Å². The van der Waals surface area contributed by atoms with Gasteiger partial charge in [0.2, 0.25) is 0 Å². The predicted molar refractivity (Wildman–Crippen MR) is 392 cm³/mol. The van der Waals surface area contributed by atoms with Crippen LogP contribution in [0, 0.1) is 34.0 Å². The third-order valence-electron chi connectivity index (χ3n) is 20.0. The van der Waals surface area contributed by atoms with Crippen molar-refractivity contribution < 1.29 is 0 Å². The fraction of sp³-hybridized carbons (Fsp3) is 0. The van der Waals surface area contributed by atoms with Gasteiger partial charge in [-0.25, -0.2) is 0 Å². The number of hydrogen-bond donors (Lipinski definition) is 0. The van der Waals surface area contributed by atoms with Crippen molar-refractivity contribution >= 4 is 131 Å². The summed E-state index contributed by atoms with van der Waals surface area (Å²) in [5, 5.41) is 47.3. The van der Waals surface area contributed by atoms with Gasteiger partial charge in [-0.15, -0.1) is 0 Å². The van der Waals surface area contributed by atoms with Crippen LogP contribution in [0.5, 0.6) is 0 Å². The quantitative estimate of drug-likeness (QED) is 0.159. The Balaban J connectivity index is 0.927. The molecule has 96 heavy (non-hydrogen) atoms. The molecule has 0 unspecified atom stereocenters. The molecule has 442 valence electrons. The molecule has 0 fully saturated rings. The molecule has 20 rings (SSSR count). The second-order valence-electron chi connectivity index (χ2n) is 25.0. The first-order valence-electron chi connectivity index (χ1n) is 32.2. The Bertz CT molecular complexity index is 6360. The highest BCUT2D eigenvalue weighted by molar-refractivity contribution is 6.17. The minimum atomic E-state index is 0.342. The van der Waals surface area contributed by atoms with Crippen LogP contribution in [0.1, 0.15) is 16.7 Å². The Hall–Kier alpha value is -13.7. The predicted octanol–water partition coefficient (Wildman–Crippen LogP) is 21.6. The number of para-hydroxylation sites is 8. The second-order valence-corrected chi connectivity index (χ2v) is 25.0. The highest BCUT2D eigenvalue weighted by Gasteiger charge is 2.26. The third-order valence-corrected chi connectivity index (χ3v) is 20.0. The van der Waals surface area contributed by atoms with E-state index in [1.54, 1.807) is 6.07 Å². The summed E-state index contributed by atoms with van der Waals surface area (Å²) in [6.07, 6.45) is 0. The van der Waals surface area contributed by atoms with Gasteiger partial charge in [0.05, 0.1) is 106 Å². The maximum atomic E-state index is 12.3. The number of benzene rings is 14. The zero-order valence-corrected chi connectivity index (χ0v) is 51.3. The van der Waals surface area contributed by atoms with E-state index in [2.05, 4.69) is 319 Å². The minimum absolute atomic E-state index is 0.342. The maximum absolute atomic E-state index is 12.3. The van der Waals surface area contributed by atoms with Gasteiger partial charge in [-0.05, 0) is 133 Å². The molecule has 0 aliphatic rings. The van der Waals surface area contributed by atoms with Crippen molar-refractivity contribution in [2.24, 2.45) is 0 Å². The fourth-order valence-corrected chi connectivity index (χ4v) is 16.0. The first-order chi connectivity index (χ1) is 47.5. The number of nitriles is 3. The first kappa shape index (κ1) is 53.1. The Kier molecular flexibility index (Phi) is 11.1. The van der Waals surface area contributed by atoms with Crippen molar-refractivity contribution in [2.45, 2.75) is 0 Å². The second kappa shape index (κ2) is 20.2. The molecule has 0 aliphatic carbocycles. The summed E-state index contributed by atoms with van der Waals surface area (Å²) in [7, 11) is 0. The van der Waals surface area contributed by atoms with Gasteiger partial charge in [-0.3, -0.25) is 0 Å². The molecule has 0 radical (unpaired) electrons. The summed E-state index contributed by atoms with van der Waals surface area (Å²) in [4.78, 5) is 0. The molecular formula is C87H49N9. The van der Waals surface area contributed by atoms with Crippen molar-refractivity contribution in [2.75, 3.05) is 0 Å². The highest BCUT2D eigenvalue weighted by atomic mass is 15.1. The molecule has 0 N–H and O–H groups in total. The van der Waals surface area contributed by atoms with Crippen LogP contribution in [-0.2, 0) is 0 Å². The van der Waals surface area contributed by atoms with E-state index < -0.39 is 0 Å². The van der Waals surface area contributed by atoms with E-state index >= 15 is 0 Å². The SMILES string of the molecule is N#Cc1cc(C#N)cc(-c2cc(-n3c4cc(-n5c6ccccc6c6ccccc65)ccc4c4ccc(-n5c6ccccc6c6ccccc65)cc43)c(C#N)cc2-n2c3cc(-n4c5ccccc5c5ccccc54)ccc3c3ccc(-n4c5ccccc5c5ccccc54)cc32)c1. The zero-order valence-electron chi connectivity index (χ0n) is 51.3. The summed E-state index contributed by atoms with van der Waals surface area (Å²) in [5.74, 6) is 0. The number of fused-ring (bicyclic) bond motifs is 18. The fourth-order valence-electron chi connectivity index (χ4n) is 16.0. The van der Waals surface area contributed by atoms with Crippen molar-refractivity contribution in [1.82, 2.24) is 27.4 Å². The molecule has 20 aromatic rings. The monoisotopic (exact) mass is 1220 g/mol. The first-order valence-corrected chi connectivity index (χ1v) is 32.2. The smallest absolute Gasteiger partial charge is 0.101 e. The molecule has 9 nitrogen and oxygen atoms in total. The van der Waals surface area contributed by atoms with Crippen LogP contribution in [0.3, 0.4) is 0 Å². The normalized spacial score (nSPS) is 11.9. The van der Waals surface area contributed by atoms with Crippen LogP contribution in [-0.4, -0.2) is 27.4 Å². The van der Waals surface area contributed by atoms with E-state index in [4.69, 9.17) is 0 Å². The summed E-state index contributed by atoms with van der Waals surface area (Å²) in [6.45, 7) is 0. The third kappa shape index (κ3) is 7.46. The lowest BCUT2D eigenvalue weighted by atomic mass is 9.96. The Morgan fingerprint density at radius 3 is 0.708 bits per heavy atom. The van der Waals surface area contributed by atoms with Crippen LogP contribution in [0.25, 0.3) is 176 Å². The minimum Gasteiger partial charge on any atom is -0.309 e. The van der Waals surface area contributed by atoms with Crippen molar-refractivity contribution in [3.63, 3.8) is 0 Å². The highest BCUT2D eigenvalue weighted by Crippen LogP contribution is 2.46. The molecule has 0 spiro atoms. The molecule has 0 bridgehead atoms. The topological polar surface area (TPSA) is 101 Å². The van der Waals surface area contributed by atoms with Gasteiger partial charge >= 0.3 is 0 Å². The van der Waals surface area contributed by atoms with Gasteiger partial charge in [0.1, 0.15) is 6.07 Å². The molecule has 9 heteroatoms. The molecule has 6 aromatic heterocycles. The molecule has 0 atom stereocenters. The van der Waals surface area contributed by atoms with Gasteiger partial charge in [-0.1, -0.05) is 170 Å². The van der Waals surface area contributed by atoms with Gasteiger partial charge in [0.25, 0.3) is 0 Å². The summed E-state index contributed by atoms with van der Waals surface area (Å²) in [5.41, 5.74) is 19.9. The van der Waals surface area contributed by atoms with E-state index in [9.17, 15) is 15.8 Å². The molecule has 0 amide bonds. The van der Waals surface area contributed by atoms with E-state index in [0.29, 0.717) is 39.2 Å². The molecule has 0 saturated carbocycles. The van der Waals surface area contributed by atoms with Crippen LogP contribution < -0.4 is 0 Å². The van der Waals surface area contributed by atoms with E-state index in [1.165, 1.54) is 0 Å². The lowest BCUT2D eigenvalue weighted by Gasteiger charge is -2.20. The van der Waals surface area contributed by atoms with Gasteiger partial charge < -0.3 is 27.4 Å².